The zero-order valence-corrected chi connectivity index (χ0v) is 40.7. The Morgan fingerprint density at radius 3 is 1.12 bits per heavy atom. The fraction of sp³-hybridized carbons (Fsp3) is 0. The summed E-state index contributed by atoms with van der Waals surface area (Å²) in [7, 11) is 0. The molecule has 0 bridgehead atoms. The number of hydrogen-bond donors (Lipinski definition) is 0. The second kappa shape index (κ2) is 16.6. The van der Waals surface area contributed by atoms with Crippen molar-refractivity contribution in [1.29, 1.82) is 0 Å². The van der Waals surface area contributed by atoms with Crippen LogP contribution in [0.2, 0.25) is 0 Å². The quantitative estimate of drug-likeness (QED) is 0.159. The summed E-state index contributed by atoms with van der Waals surface area (Å²) in [5.74, 6) is 1.60. The average molecular weight is 972 g/mol. The molecule has 0 radical (unpaired) electrons. The monoisotopic (exact) mass is 971 g/mol. The molecule has 0 fully saturated rings. The van der Waals surface area contributed by atoms with Gasteiger partial charge in [-0.2, -0.15) is 15.0 Å². The summed E-state index contributed by atoms with van der Waals surface area (Å²) in [4.78, 5) is 16.4. The standard InChI is InChI=1S/C69H41N5O2/c1-2-13-42(14-3-1)43-25-27-44(28-26-43)45-15-12-16-50(37-45)67-70-68(73-59-21-8-4-17-51(59)55-38-46(29-33-61(55)73)48-31-35-65-57(40-48)53-19-6-10-23-63(53)75-65)72-69(71-67)74-60-22-9-5-18-52(60)56-39-47(30-34-62(56)74)49-32-36-66-58(41-49)54-20-7-11-24-64(54)76-66/h1-41H. The largest absolute Gasteiger partial charge is 0.456 e. The van der Waals surface area contributed by atoms with Crippen molar-refractivity contribution in [3.05, 3.63) is 249 Å². The Bertz CT molecular complexity index is 4750. The predicted octanol–water partition coefficient (Wildman–Crippen LogP) is 18.2. The van der Waals surface area contributed by atoms with Gasteiger partial charge < -0.3 is 8.83 Å². The van der Waals surface area contributed by atoms with E-state index in [-0.39, 0.29) is 0 Å². The van der Waals surface area contributed by atoms with Crippen molar-refractivity contribution >= 4 is 87.5 Å². The van der Waals surface area contributed by atoms with Crippen LogP contribution in [-0.2, 0) is 0 Å². The number of furan rings is 2. The Morgan fingerprint density at radius 2 is 0.579 bits per heavy atom. The number of fused-ring (bicyclic) bond motifs is 12. The van der Waals surface area contributed by atoms with Crippen LogP contribution in [0.25, 0.3) is 155 Å². The van der Waals surface area contributed by atoms with Gasteiger partial charge in [-0.1, -0.05) is 170 Å². The molecule has 16 rings (SSSR count). The highest BCUT2D eigenvalue weighted by Crippen LogP contribution is 2.40. The molecule has 354 valence electrons. The normalized spacial score (nSPS) is 11.9. The molecule has 5 heterocycles. The van der Waals surface area contributed by atoms with E-state index in [4.69, 9.17) is 23.8 Å². The lowest BCUT2D eigenvalue weighted by atomic mass is 9.99. The molecule has 0 amide bonds. The Balaban J connectivity index is 0.889. The second-order valence-corrected chi connectivity index (χ2v) is 19.6. The topological polar surface area (TPSA) is 74.8 Å². The van der Waals surface area contributed by atoms with Crippen molar-refractivity contribution < 1.29 is 8.83 Å². The maximum atomic E-state index is 6.22. The number of benzene rings is 11. The van der Waals surface area contributed by atoms with Crippen molar-refractivity contribution in [3.63, 3.8) is 0 Å². The first kappa shape index (κ1) is 42.2. The molecule has 7 nitrogen and oxygen atoms in total. The van der Waals surface area contributed by atoms with E-state index < -0.39 is 0 Å². The molecule has 76 heavy (non-hydrogen) atoms. The minimum Gasteiger partial charge on any atom is -0.456 e. The molecule has 0 spiro atoms. The van der Waals surface area contributed by atoms with E-state index in [0.29, 0.717) is 17.7 Å². The maximum Gasteiger partial charge on any atom is 0.240 e. The van der Waals surface area contributed by atoms with Gasteiger partial charge in [-0.25, -0.2) is 0 Å². The molecule has 16 aromatic rings. The summed E-state index contributed by atoms with van der Waals surface area (Å²) in [5.41, 5.74) is 17.3. The van der Waals surface area contributed by atoms with Crippen LogP contribution in [0.3, 0.4) is 0 Å². The number of aromatic nitrogens is 5. The Morgan fingerprint density at radius 1 is 0.224 bits per heavy atom. The number of hydrogen-bond acceptors (Lipinski definition) is 5. The Hall–Kier alpha value is -10.4. The molecule has 0 aliphatic rings. The van der Waals surface area contributed by atoms with Crippen LogP contribution in [0, 0.1) is 0 Å². The highest BCUT2D eigenvalue weighted by molar-refractivity contribution is 6.13. The molecule has 0 saturated carbocycles. The van der Waals surface area contributed by atoms with Crippen LogP contribution < -0.4 is 0 Å². The van der Waals surface area contributed by atoms with Gasteiger partial charge in [-0.3, -0.25) is 9.13 Å². The van der Waals surface area contributed by atoms with Gasteiger partial charge in [0.1, 0.15) is 22.3 Å². The van der Waals surface area contributed by atoms with Gasteiger partial charge in [0.25, 0.3) is 0 Å². The van der Waals surface area contributed by atoms with Crippen molar-refractivity contribution in [1.82, 2.24) is 24.1 Å². The lowest BCUT2D eigenvalue weighted by Gasteiger charge is -2.13. The van der Waals surface area contributed by atoms with Gasteiger partial charge in [-0.15, -0.1) is 0 Å². The number of para-hydroxylation sites is 4. The molecular formula is C69H41N5O2. The summed E-state index contributed by atoms with van der Waals surface area (Å²) in [6.07, 6.45) is 0. The van der Waals surface area contributed by atoms with E-state index in [1.807, 2.05) is 30.3 Å². The van der Waals surface area contributed by atoms with Gasteiger partial charge in [0, 0.05) is 48.7 Å². The van der Waals surface area contributed by atoms with E-state index in [9.17, 15) is 0 Å². The lowest BCUT2D eigenvalue weighted by molar-refractivity contribution is 0.668. The van der Waals surface area contributed by atoms with Crippen LogP contribution in [0.1, 0.15) is 0 Å². The third-order valence-corrected chi connectivity index (χ3v) is 15.2. The van der Waals surface area contributed by atoms with Gasteiger partial charge in [0.15, 0.2) is 5.82 Å². The predicted molar refractivity (Wildman–Crippen MR) is 310 cm³/mol. The van der Waals surface area contributed by atoms with Gasteiger partial charge in [0.2, 0.25) is 11.9 Å². The zero-order valence-electron chi connectivity index (χ0n) is 40.7. The molecule has 0 aliphatic heterocycles. The van der Waals surface area contributed by atoms with E-state index in [2.05, 4.69) is 228 Å². The minimum atomic E-state index is 0.519. The average Bonchev–Trinajstić information content (AvgIpc) is 4.25. The second-order valence-electron chi connectivity index (χ2n) is 19.6. The van der Waals surface area contributed by atoms with Crippen LogP contribution in [0.5, 0.6) is 0 Å². The third-order valence-electron chi connectivity index (χ3n) is 15.2. The number of nitrogens with zero attached hydrogens (tertiary/aromatic N) is 5. The highest BCUT2D eigenvalue weighted by Gasteiger charge is 2.22. The van der Waals surface area contributed by atoms with E-state index in [1.54, 1.807) is 0 Å². The van der Waals surface area contributed by atoms with E-state index in [1.165, 1.54) is 11.1 Å². The van der Waals surface area contributed by atoms with Crippen molar-refractivity contribution in [3.8, 4) is 67.8 Å². The first-order valence-electron chi connectivity index (χ1n) is 25.6. The fourth-order valence-electron chi connectivity index (χ4n) is 11.6. The molecule has 0 aliphatic carbocycles. The van der Waals surface area contributed by atoms with Crippen LogP contribution in [0.15, 0.2) is 258 Å². The molecule has 7 heteroatoms. The van der Waals surface area contributed by atoms with Crippen LogP contribution in [-0.4, -0.2) is 24.1 Å². The lowest BCUT2D eigenvalue weighted by Crippen LogP contribution is -2.10. The summed E-state index contributed by atoms with van der Waals surface area (Å²) in [5, 5.41) is 8.81. The molecule has 0 unspecified atom stereocenters. The zero-order chi connectivity index (χ0) is 49.8. The smallest absolute Gasteiger partial charge is 0.240 e. The molecule has 0 atom stereocenters. The minimum absolute atomic E-state index is 0.519. The maximum absolute atomic E-state index is 6.22. The summed E-state index contributed by atoms with van der Waals surface area (Å²) < 4.78 is 16.8. The first-order valence-corrected chi connectivity index (χ1v) is 25.6. The Kier molecular flexibility index (Phi) is 9.20. The summed E-state index contributed by atoms with van der Waals surface area (Å²) in [6.45, 7) is 0. The molecule has 5 aromatic heterocycles. The molecule has 11 aromatic carbocycles. The van der Waals surface area contributed by atoms with Crippen LogP contribution in [0.4, 0.5) is 0 Å². The van der Waals surface area contributed by atoms with Crippen molar-refractivity contribution in [2.24, 2.45) is 0 Å². The van der Waals surface area contributed by atoms with Crippen molar-refractivity contribution in [2.45, 2.75) is 0 Å². The summed E-state index contributed by atoms with van der Waals surface area (Å²) >= 11 is 0. The van der Waals surface area contributed by atoms with Gasteiger partial charge >= 0.3 is 0 Å². The first-order chi connectivity index (χ1) is 37.6. The molecule has 0 saturated heterocycles. The van der Waals surface area contributed by atoms with Gasteiger partial charge in [-0.05, 0) is 123 Å². The van der Waals surface area contributed by atoms with Crippen LogP contribution >= 0.6 is 0 Å². The summed E-state index contributed by atoms with van der Waals surface area (Å²) in [6, 6.07) is 87.7. The van der Waals surface area contributed by atoms with E-state index >= 15 is 0 Å². The third kappa shape index (κ3) is 6.66. The van der Waals surface area contributed by atoms with Crippen molar-refractivity contribution in [2.75, 3.05) is 0 Å². The fourth-order valence-corrected chi connectivity index (χ4v) is 11.6. The number of rotatable bonds is 7. The molecule has 0 N–H and O–H groups in total. The SMILES string of the molecule is c1ccc(-c2ccc(-c3cccc(-c4nc(-n5c6ccccc6c6cc(-c7ccc8oc9ccccc9c8c7)ccc65)nc(-n5c6ccccc6c6cc(-c7ccc8oc9ccccc9c8c7)ccc65)n4)c3)cc2)cc1. The molecular weight excluding hydrogens is 931 g/mol. The Labute approximate surface area is 434 Å². The van der Waals surface area contributed by atoms with E-state index in [0.717, 1.165) is 126 Å². The van der Waals surface area contributed by atoms with Gasteiger partial charge in [0.05, 0.1) is 22.1 Å². The highest BCUT2D eigenvalue weighted by atomic mass is 16.3.